The van der Waals surface area contributed by atoms with Gasteiger partial charge in [-0.05, 0) is 49.2 Å². The van der Waals surface area contributed by atoms with Crippen LogP contribution in [0.1, 0.15) is 73.1 Å². The molecule has 1 rings (SSSR count). The fourth-order valence-electron chi connectivity index (χ4n) is 3.44. The van der Waals surface area contributed by atoms with Gasteiger partial charge >= 0.3 is 0 Å². The van der Waals surface area contributed by atoms with Crippen LogP contribution in [0.3, 0.4) is 0 Å². The first-order chi connectivity index (χ1) is 11.9. The largest absolute Gasteiger partial charge is 0.388 e. The van der Waals surface area contributed by atoms with Gasteiger partial charge < -0.3 is 15.2 Å². The number of aliphatic hydroxyl groups is 1. The van der Waals surface area contributed by atoms with Crippen molar-refractivity contribution in [1.82, 2.24) is 5.32 Å². The van der Waals surface area contributed by atoms with Gasteiger partial charge in [0.05, 0.1) is 5.57 Å². The Hall–Kier alpha value is -1.31. The van der Waals surface area contributed by atoms with E-state index in [-0.39, 0.29) is 5.41 Å². The van der Waals surface area contributed by atoms with Gasteiger partial charge in [-0.15, -0.1) is 0 Å². The van der Waals surface area contributed by atoms with Gasteiger partial charge in [0.2, 0.25) is 0 Å². The first-order valence-corrected chi connectivity index (χ1v) is 9.74. The van der Waals surface area contributed by atoms with Crippen LogP contribution in [0.2, 0.25) is 0 Å². The van der Waals surface area contributed by atoms with Crippen molar-refractivity contribution in [3.05, 3.63) is 22.9 Å². The van der Waals surface area contributed by atoms with Gasteiger partial charge in [-0.1, -0.05) is 47.0 Å². The summed E-state index contributed by atoms with van der Waals surface area (Å²) in [4.78, 5) is 0. The number of nitrogens with zero attached hydrogens (tertiary/aromatic N) is 1. The van der Waals surface area contributed by atoms with Crippen LogP contribution < -0.4 is 5.32 Å². The number of rotatable bonds is 10. The minimum Gasteiger partial charge on any atom is -0.388 e. The third kappa shape index (κ3) is 7.22. The highest BCUT2D eigenvalue weighted by atomic mass is 16.6. The van der Waals surface area contributed by atoms with Gasteiger partial charge in [0.15, 0.2) is 6.29 Å². The van der Waals surface area contributed by atoms with Crippen LogP contribution in [0.15, 0.2) is 22.9 Å². The summed E-state index contributed by atoms with van der Waals surface area (Å²) in [5, 5.41) is 23.2. The van der Waals surface area contributed by atoms with Gasteiger partial charge in [-0.25, -0.2) is 0 Å². The van der Waals surface area contributed by atoms with E-state index in [9.17, 15) is 10.4 Å². The maximum Gasteiger partial charge on any atom is 0.191 e. The predicted molar refractivity (Wildman–Crippen MR) is 103 cm³/mol. The molecule has 2 N–H and O–H groups in total. The standard InChI is InChI=1S/C21H36N2O2/c1-6-9-10-16(7-2)15-23-18-11-17(12-21(4,5)13-18)19(14-22)20(24)25-8-3/h11,16,20,23-24H,6-10,12-13,15H2,1-5H3/b19-17+. The summed E-state index contributed by atoms with van der Waals surface area (Å²) in [7, 11) is 0. The zero-order valence-corrected chi connectivity index (χ0v) is 16.7. The van der Waals surface area contributed by atoms with Gasteiger partial charge in [-0.2, -0.15) is 5.26 Å². The molecule has 0 fully saturated rings. The Labute approximate surface area is 154 Å². The zero-order valence-electron chi connectivity index (χ0n) is 16.7. The third-order valence-corrected chi connectivity index (χ3v) is 4.89. The van der Waals surface area contributed by atoms with Crippen molar-refractivity contribution in [3.8, 4) is 6.07 Å². The van der Waals surface area contributed by atoms with E-state index in [1.807, 2.05) is 6.92 Å². The second-order valence-corrected chi connectivity index (χ2v) is 7.84. The molecule has 0 bridgehead atoms. The van der Waals surface area contributed by atoms with Crippen LogP contribution >= 0.6 is 0 Å². The lowest BCUT2D eigenvalue weighted by molar-refractivity contribution is -0.0647. The zero-order chi connectivity index (χ0) is 18.9. The van der Waals surface area contributed by atoms with Gasteiger partial charge in [0, 0.05) is 18.8 Å². The van der Waals surface area contributed by atoms with Gasteiger partial charge in [0.25, 0.3) is 0 Å². The molecule has 0 heterocycles. The van der Waals surface area contributed by atoms with E-state index in [0.717, 1.165) is 30.7 Å². The van der Waals surface area contributed by atoms with E-state index in [1.165, 1.54) is 25.7 Å². The summed E-state index contributed by atoms with van der Waals surface area (Å²) < 4.78 is 5.24. The third-order valence-electron chi connectivity index (χ3n) is 4.89. The minimum absolute atomic E-state index is 0.0611. The average molecular weight is 349 g/mol. The second kappa shape index (κ2) is 10.6. The molecular formula is C21H36N2O2. The summed E-state index contributed by atoms with van der Waals surface area (Å²) in [5.74, 6) is 0.683. The molecule has 142 valence electrons. The fourth-order valence-corrected chi connectivity index (χ4v) is 3.44. The van der Waals surface area contributed by atoms with Crippen LogP contribution in [-0.2, 0) is 4.74 Å². The maximum atomic E-state index is 10.1. The van der Waals surface area contributed by atoms with E-state index in [0.29, 0.717) is 18.1 Å². The minimum atomic E-state index is -1.13. The Morgan fingerprint density at radius 2 is 2.08 bits per heavy atom. The highest BCUT2D eigenvalue weighted by Gasteiger charge is 2.29. The summed E-state index contributed by atoms with van der Waals surface area (Å²) in [5.41, 5.74) is 2.46. The molecular weight excluding hydrogens is 312 g/mol. The maximum absolute atomic E-state index is 10.1. The Morgan fingerprint density at radius 3 is 2.64 bits per heavy atom. The van der Waals surface area contributed by atoms with E-state index < -0.39 is 6.29 Å². The molecule has 0 radical (unpaired) electrons. The molecule has 2 atom stereocenters. The highest BCUT2D eigenvalue weighted by molar-refractivity contribution is 5.41. The lowest BCUT2D eigenvalue weighted by Crippen LogP contribution is -2.29. The number of allylic oxidation sites excluding steroid dienone is 3. The Bertz CT molecular complexity index is 514. The summed E-state index contributed by atoms with van der Waals surface area (Å²) >= 11 is 0. The number of hydrogen-bond acceptors (Lipinski definition) is 4. The van der Waals surface area contributed by atoms with Crippen LogP contribution in [0.5, 0.6) is 0 Å². The van der Waals surface area contributed by atoms with Crippen LogP contribution in [0, 0.1) is 22.7 Å². The molecule has 2 unspecified atom stereocenters. The van der Waals surface area contributed by atoms with Crippen LogP contribution in [-0.4, -0.2) is 24.5 Å². The quantitative estimate of drug-likeness (QED) is 0.445. The molecule has 0 amide bonds. The summed E-state index contributed by atoms with van der Waals surface area (Å²) in [6.45, 7) is 12.1. The summed E-state index contributed by atoms with van der Waals surface area (Å²) in [6.07, 6.45) is 7.60. The first-order valence-electron chi connectivity index (χ1n) is 9.74. The Morgan fingerprint density at radius 1 is 1.36 bits per heavy atom. The first kappa shape index (κ1) is 21.7. The van der Waals surface area contributed by atoms with Gasteiger partial charge in [0.1, 0.15) is 6.07 Å². The molecule has 0 saturated heterocycles. The molecule has 0 saturated carbocycles. The van der Waals surface area contributed by atoms with Gasteiger partial charge in [-0.3, -0.25) is 0 Å². The Kier molecular flexibility index (Phi) is 9.24. The molecule has 1 aliphatic carbocycles. The molecule has 0 spiro atoms. The van der Waals surface area contributed by atoms with Crippen molar-refractivity contribution in [2.75, 3.05) is 13.2 Å². The smallest absolute Gasteiger partial charge is 0.191 e. The van der Waals surface area contributed by atoms with Crippen molar-refractivity contribution in [1.29, 1.82) is 5.26 Å². The lowest BCUT2D eigenvalue weighted by atomic mass is 9.76. The highest BCUT2D eigenvalue weighted by Crippen LogP contribution is 2.38. The molecule has 4 nitrogen and oxygen atoms in total. The van der Waals surface area contributed by atoms with E-state index in [2.05, 4.69) is 45.2 Å². The van der Waals surface area contributed by atoms with E-state index >= 15 is 0 Å². The monoisotopic (exact) mass is 348 g/mol. The lowest BCUT2D eigenvalue weighted by Gasteiger charge is -2.33. The second-order valence-electron chi connectivity index (χ2n) is 7.84. The summed E-state index contributed by atoms with van der Waals surface area (Å²) in [6, 6.07) is 2.15. The molecule has 1 aliphatic rings. The van der Waals surface area contributed by atoms with Crippen LogP contribution in [0.25, 0.3) is 0 Å². The average Bonchev–Trinajstić information content (AvgIpc) is 2.54. The van der Waals surface area contributed by atoms with Crippen molar-refractivity contribution >= 4 is 0 Å². The predicted octanol–water partition coefficient (Wildman–Crippen LogP) is 4.67. The number of ether oxygens (including phenoxy) is 1. The number of nitriles is 1. The SMILES string of the molecule is CCCCC(CC)CNC1=C/C(=C(/C#N)C(O)OCC)CC(C)(C)C1. The number of hydrogen-bond donors (Lipinski definition) is 2. The van der Waals surface area contributed by atoms with Crippen molar-refractivity contribution in [3.63, 3.8) is 0 Å². The molecule has 0 aromatic carbocycles. The van der Waals surface area contributed by atoms with Crippen LogP contribution in [0.4, 0.5) is 0 Å². The fraction of sp³-hybridized carbons (Fsp3) is 0.762. The topological polar surface area (TPSA) is 65.3 Å². The number of aliphatic hydroxyl groups excluding tert-OH is 1. The molecule has 4 heteroatoms. The van der Waals surface area contributed by atoms with Crippen molar-refractivity contribution < 1.29 is 9.84 Å². The number of unbranched alkanes of at least 4 members (excludes halogenated alkanes) is 1. The molecule has 25 heavy (non-hydrogen) atoms. The molecule has 0 aliphatic heterocycles. The molecule has 0 aromatic rings. The number of nitrogens with one attached hydrogen (secondary N) is 1. The van der Waals surface area contributed by atoms with E-state index in [4.69, 9.17) is 4.74 Å². The molecule has 0 aromatic heterocycles. The van der Waals surface area contributed by atoms with E-state index in [1.54, 1.807) is 0 Å². The van der Waals surface area contributed by atoms with Crippen molar-refractivity contribution in [2.45, 2.75) is 79.4 Å². The Balaban J connectivity index is 2.94. The van der Waals surface area contributed by atoms with Crippen molar-refractivity contribution in [2.24, 2.45) is 11.3 Å². The normalized spacial score (nSPS) is 21.1.